The van der Waals surface area contributed by atoms with Gasteiger partial charge in [0.25, 0.3) is 0 Å². The maximum atomic E-state index is 12.6. The van der Waals surface area contributed by atoms with Crippen LogP contribution in [0.2, 0.25) is 5.02 Å². The van der Waals surface area contributed by atoms with Crippen molar-refractivity contribution >= 4 is 39.9 Å². The molecule has 27 heavy (non-hydrogen) atoms. The number of hydrogen-bond donors (Lipinski definition) is 3. The molecule has 0 fully saturated rings. The second-order valence-electron chi connectivity index (χ2n) is 6.25. The van der Waals surface area contributed by atoms with Crippen molar-refractivity contribution in [3.63, 3.8) is 0 Å². The lowest BCUT2D eigenvalue weighted by atomic mass is 10.1. The quantitative estimate of drug-likeness (QED) is 0.420. The monoisotopic (exact) mass is 376 g/mol. The molecule has 0 aliphatic heterocycles. The van der Waals surface area contributed by atoms with Gasteiger partial charge in [0.2, 0.25) is 0 Å². The molecule has 4 rings (SSSR count). The Morgan fingerprint density at radius 2 is 1.85 bits per heavy atom. The standard InChI is InChI=1S/C21H17ClN4O/c1-13-3-2-4-16(11-13)24-21(27)26-20-17-12-15(22)5-6-18(17)25-19(20)14-7-9-23-10-8-14/h2-12,25H,1H3,(H2,24,26,27). The summed E-state index contributed by atoms with van der Waals surface area (Å²) in [6.45, 7) is 1.98. The lowest BCUT2D eigenvalue weighted by Gasteiger charge is -2.10. The van der Waals surface area contributed by atoms with Crippen LogP contribution in [0.15, 0.2) is 67.0 Å². The van der Waals surface area contributed by atoms with Crippen molar-refractivity contribution in [1.82, 2.24) is 9.97 Å². The molecule has 3 N–H and O–H groups in total. The first kappa shape index (κ1) is 17.1. The van der Waals surface area contributed by atoms with Crippen LogP contribution < -0.4 is 10.6 Å². The van der Waals surface area contributed by atoms with Crippen LogP contribution in [0.5, 0.6) is 0 Å². The van der Waals surface area contributed by atoms with Crippen LogP contribution in [0.25, 0.3) is 22.2 Å². The van der Waals surface area contributed by atoms with E-state index >= 15 is 0 Å². The van der Waals surface area contributed by atoms with Crippen molar-refractivity contribution in [3.8, 4) is 11.3 Å². The lowest BCUT2D eigenvalue weighted by molar-refractivity contribution is 0.262. The zero-order chi connectivity index (χ0) is 18.8. The number of nitrogens with one attached hydrogen (secondary N) is 3. The summed E-state index contributed by atoms with van der Waals surface area (Å²) in [4.78, 5) is 20.0. The molecule has 0 saturated heterocycles. The molecule has 0 unspecified atom stereocenters. The number of anilines is 2. The molecule has 0 atom stereocenters. The molecule has 0 aliphatic carbocycles. The van der Waals surface area contributed by atoms with Crippen molar-refractivity contribution in [2.45, 2.75) is 6.92 Å². The van der Waals surface area contributed by atoms with Gasteiger partial charge in [-0.1, -0.05) is 23.7 Å². The van der Waals surface area contributed by atoms with E-state index in [0.29, 0.717) is 10.7 Å². The van der Waals surface area contributed by atoms with Gasteiger partial charge in [-0.15, -0.1) is 0 Å². The fourth-order valence-corrected chi connectivity index (χ4v) is 3.20. The number of nitrogens with zero attached hydrogens (tertiary/aromatic N) is 1. The number of aromatic nitrogens is 2. The number of fused-ring (bicyclic) bond motifs is 1. The topological polar surface area (TPSA) is 69.8 Å². The number of carbonyl (C=O) groups excluding carboxylic acids is 1. The van der Waals surface area contributed by atoms with Crippen molar-refractivity contribution in [3.05, 3.63) is 77.6 Å². The fourth-order valence-electron chi connectivity index (χ4n) is 3.03. The van der Waals surface area contributed by atoms with E-state index in [2.05, 4.69) is 20.6 Å². The molecule has 0 saturated carbocycles. The highest BCUT2D eigenvalue weighted by atomic mass is 35.5. The first-order valence-electron chi connectivity index (χ1n) is 8.46. The van der Waals surface area contributed by atoms with Gasteiger partial charge >= 0.3 is 6.03 Å². The average Bonchev–Trinajstić information content (AvgIpc) is 3.00. The molecule has 134 valence electrons. The summed E-state index contributed by atoms with van der Waals surface area (Å²) >= 11 is 6.18. The molecule has 2 heterocycles. The number of H-pyrrole nitrogens is 1. The van der Waals surface area contributed by atoms with Gasteiger partial charge in [-0.2, -0.15) is 0 Å². The summed E-state index contributed by atoms with van der Waals surface area (Å²) in [7, 11) is 0. The van der Waals surface area contributed by atoms with Gasteiger partial charge in [-0.25, -0.2) is 4.79 Å². The molecule has 0 spiro atoms. The number of aryl methyl sites for hydroxylation is 1. The minimum Gasteiger partial charge on any atom is -0.353 e. The molecule has 2 amide bonds. The van der Waals surface area contributed by atoms with Crippen molar-refractivity contribution < 1.29 is 4.79 Å². The minimum atomic E-state index is -0.322. The van der Waals surface area contributed by atoms with E-state index in [1.807, 2.05) is 61.5 Å². The number of pyridine rings is 1. The SMILES string of the molecule is Cc1cccc(NC(=O)Nc2c(-c3ccncc3)[nH]c3ccc(Cl)cc23)c1. The van der Waals surface area contributed by atoms with Gasteiger partial charge in [0.15, 0.2) is 0 Å². The molecule has 5 nitrogen and oxygen atoms in total. The lowest BCUT2D eigenvalue weighted by Crippen LogP contribution is -2.19. The Labute approximate surface area is 161 Å². The van der Waals surface area contributed by atoms with E-state index in [-0.39, 0.29) is 6.03 Å². The maximum Gasteiger partial charge on any atom is 0.323 e. The zero-order valence-electron chi connectivity index (χ0n) is 14.6. The maximum absolute atomic E-state index is 12.6. The molecule has 6 heteroatoms. The van der Waals surface area contributed by atoms with Crippen LogP contribution in [0.1, 0.15) is 5.56 Å². The van der Waals surface area contributed by atoms with Crippen LogP contribution in [0.4, 0.5) is 16.2 Å². The number of aromatic amines is 1. The molecular formula is C21H17ClN4O. The van der Waals surface area contributed by atoms with Crippen LogP contribution in [0, 0.1) is 6.92 Å². The summed E-state index contributed by atoms with van der Waals surface area (Å²) < 4.78 is 0. The van der Waals surface area contributed by atoms with Gasteiger partial charge in [-0.05, 0) is 55.0 Å². The molecule has 2 aromatic heterocycles. The predicted octanol–water partition coefficient (Wildman–Crippen LogP) is 5.84. The smallest absolute Gasteiger partial charge is 0.323 e. The number of carbonyl (C=O) groups is 1. The number of halogens is 1. The minimum absolute atomic E-state index is 0.322. The summed E-state index contributed by atoms with van der Waals surface area (Å²) in [5, 5.41) is 7.28. The van der Waals surface area contributed by atoms with Gasteiger partial charge in [0, 0.05) is 39.6 Å². The number of benzene rings is 2. The highest BCUT2D eigenvalue weighted by Gasteiger charge is 2.16. The molecule has 0 aliphatic rings. The molecule has 0 bridgehead atoms. The number of hydrogen-bond acceptors (Lipinski definition) is 2. The largest absolute Gasteiger partial charge is 0.353 e. The third kappa shape index (κ3) is 3.64. The van der Waals surface area contributed by atoms with Crippen molar-refractivity contribution in [2.24, 2.45) is 0 Å². The number of rotatable bonds is 3. The van der Waals surface area contributed by atoms with Crippen LogP contribution in [-0.4, -0.2) is 16.0 Å². The van der Waals surface area contributed by atoms with E-state index in [4.69, 9.17) is 11.6 Å². The second-order valence-corrected chi connectivity index (χ2v) is 6.69. The normalized spacial score (nSPS) is 10.7. The van der Waals surface area contributed by atoms with E-state index in [0.717, 1.165) is 33.4 Å². The Kier molecular flexibility index (Phi) is 4.52. The van der Waals surface area contributed by atoms with Crippen LogP contribution in [-0.2, 0) is 0 Å². The van der Waals surface area contributed by atoms with Crippen LogP contribution in [0.3, 0.4) is 0 Å². The first-order valence-corrected chi connectivity index (χ1v) is 8.84. The average molecular weight is 377 g/mol. The molecule has 4 aromatic rings. The van der Waals surface area contributed by atoms with E-state index in [1.54, 1.807) is 12.4 Å². The van der Waals surface area contributed by atoms with E-state index < -0.39 is 0 Å². The molecule has 2 aromatic carbocycles. The zero-order valence-corrected chi connectivity index (χ0v) is 15.3. The Bertz CT molecular complexity index is 1120. The van der Waals surface area contributed by atoms with Crippen molar-refractivity contribution in [2.75, 3.05) is 10.6 Å². The third-order valence-corrected chi connectivity index (χ3v) is 4.48. The first-order chi connectivity index (χ1) is 13.1. The van der Waals surface area contributed by atoms with E-state index in [9.17, 15) is 4.79 Å². The highest BCUT2D eigenvalue weighted by molar-refractivity contribution is 6.31. The summed E-state index contributed by atoms with van der Waals surface area (Å²) in [5.74, 6) is 0. The van der Waals surface area contributed by atoms with Gasteiger partial charge in [0.05, 0.1) is 11.4 Å². The summed E-state index contributed by atoms with van der Waals surface area (Å²) in [5.41, 5.74) is 5.08. The Morgan fingerprint density at radius 1 is 1.04 bits per heavy atom. The van der Waals surface area contributed by atoms with Crippen LogP contribution >= 0.6 is 11.6 Å². The Hall–Kier alpha value is -3.31. The van der Waals surface area contributed by atoms with Crippen molar-refractivity contribution in [1.29, 1.82) is 0 Å². The summed E-state index contributed by atoms with van der Waals surface area (Å²) in [6, 6.07) is 16.6. The number of amides is 2. The second kappa shape index (κ2) is 7.13. The predicted molar refractivity (Wildman–Crippen MR) is 110 cm³/mol. The third-order valence-electron chi connectivity index (χ3n) is 4.24. The van der Waals surface area contributed by atoms with Gasteiger partial charge < -0.3 is 15.6 Å². The van der Waals surface area contributed by atoms with Gasteiger partial charge in [0.1, 0.15) is 0 Å². The number of urea groups is 1. The Balaban J connectivity index is 1.73. The van der Waals surface area contributed by atoms with Gasteiger partial charge in [-0.3, -0.25) is 4.98 Å². The summed E-state index contributed by atoms with van der Waals surface area (Å²) in [6.07, 6.45) is 3.43. The Morgan fingerprint density at radius 3 is 2.63 bits per heavy atom. The highest BCUT2D eigenvalue weighted by Crippen LogP contribution is 2.36. The fraction of sp³-hybridized carbons (Fsp3) is 0.0476. The van der Waals surface area contributed by atoms with E-state index in [1.165, 1.54) is 0 Å². The molecular weight excluding hydrogens is 360 g/mol. The molecule has 0 radical (unpaired) electrons.